The molecular weight excluding hydrogens is 750 g/mol. The molecule has 2 atom stereocenters. The third-order valence-electron chi connectivity index (χ3n) is 10.5. The highest BCUT2D eigenvalue weighted by Gasteiger charge is 2.27. The number of nitrogens with zero attached hydrogens (tertiary/aromatic N) is 1. The maximum atomic E-state index is 12.7. The Bertz CT molecular complexity index is 1040. The van der Waals surface area contributed by atoms with Crippen LogP contribution in [0.5, 0.6) is 0 Å². The van der Waals surface area contributed by atoms with Crippen molar-refractivity contribution in [1.29, 1.82) is 0 Å². The highest BCUT2D eigenvalue weighted by Crippen LogP contribution is 2.43. The summed E-state index contributed by atoms with van der Waals surface area (Å²) in [5.74, 6) is -0.812. The lowest BCUT2D eigenvalue weighted by molar-refractivity contribution is -0.870. The van der Waals surface area contributed by atoms with Crippen molar-refractivity contribution in [1.82, 2.24) is 0 Å². The Hall–Kier alpha value is -1.51. The summed E-state index contributed by atoms with van der Waals surface area (Å²) < 4.78 is 34.4. The van der Waals surface area contributed by atoms with Crippen LogP contribution in [0.15, 0.2) is 24.3 Å². The predicted octanol–water partition coefficient (Wildman–Crippen LogP) is 13.9. The van der Waals surface area contributed by atoms with Gasteiger partial charge in [-0.1, -0.05) is 167 Å². The van der Waals surface area contributed by atoms with E-state index in [-0.39, 0.29) is 32.0 Å². The number of carbonyl (C=O) groups is 2. The van der Waals surface area contributed by atoms with Gasteiger partial charge in [0.15, 0.2) is 6.10 Å². The average Bonchev–Trinajstić information content (AvgIpc) is 3.17. The quantitative estimate of drug-likeness (QED) is 0.0212. The average molecular weight is 843 g/mol. The molecule has 0 spiro atoms. The van der Waals surface area contributed by atoms with Gasteiger partial charge in [-0.2, -0.15) is 0 Å². The molecule has 0 bridgehead atoms. The fourth-order valence-corrected chi connectivity index (χ4v) is 7.39. The lowest BCUT2D eigenvalue weighted by atomic mass is 10.1. The van der Waals surface area contributed by atoms with E-state index in [0.29, 0.717) is 23.9 Å². The molecule has 0 saturated carbocycles. The van der Waals surface area contributed by atoms with Gasteiger partial charge in [0.1, 0.15) is 19.8 Å². The SMILES string of the molecule is CCCCCCCC/C=C/CCCCCCCCCCCC(=O)O[C@H](COC(=O)CCCCC/C=C/CCCCCCCCCC)COP(=O)(O)OCC[N+](C)(C)C. The molecule has 0 aliphatic heterocycles. The van der Waals surface area contributed by atoms with Crippen LogP contribution in [0.25, 0.3) is 0 Å². The van der Waals surface area contributed by atoms with Crippen molar-refractivity contribution < 1.29 is 42.1 Å². The van der Waals surface area contributed by atoms with E-state index in [1.165, 1.54) is 135 Å². The minimum Gasteiger partial charge on any atom is -0.462 e. The number of ether oxygens (including phenoxy) is 2. The van der Waals surface area contributed by atoms with Crippen LogP contribution >= 0.6 is 7.82 Å². The summed E-state index contributed by atoms with van der Waals surface area (Å²) in [6.45, 7) is 4.42. The maximum absolute atomic E-state index is 12.7. The number of unbranched alkanes of at least 4 members (excludes halogenated alkanes) is 26. The Morgan fingerprint density at radius 1 is 0.517 bits per heavy atom. The summed E-state index contributed by atoms with van der Waals surface area (Å²) in [4.78, 5) is 35.4. The molecule has 0 aromatic carbocycles. The molecule has 0 amide bonds. The van der Waals surface area contributed by atoms with Gasteiger partial charge in [-0.25, -0.2) is 4.57 Å². The van der Waals surface area contributed by atoms with Crippen molar-refractivity contribution in [2.75, 3.05) is 47.5 Å². The molecule has 0 heterocycles. The van der Waals surface area contributed by atoms with Crippen molar-refractivity contribution in [2.24, 2.45) is 0 Å². The first-order valence-corrected chi connectivity index (χ1v) is 25.6. The van der Waals surface area contributed by atoms with Crippen molar-refractivity contribution >= 4 is 19.8 Å². The molecule has 0 aromatic rings. The van der Waals surface area contributed by atoms with E-state index in [4.69, 9.17) is 18.5 Å². The number of hydrogen-bond donors (Lipinski definition) is 1. The van der Waals surface area contributed by atoms with Gasteiger partial charge >= 0.3 is 19.8 Å². The Morgan fingerprint density at radius 2 is 0.879 bits per heavy atom. The molecule has 0 fully saturated rings. The van der Waals surface area contributed by atoms with Crippen LogP contribution in [0.4, 0.5) is 0 Å². The van der Waals surface area contributed by atoms with E-state index in [9.17, 15) is 19.0 Å². The van der Waals surface area contributed by atoms with Crippen molar-refractivity contribution in [3.05, 3.63) is 24.3 Å². The number of hydrogen-bond acceptors (Lipinski definition) is 7. The molecule has 58 heavy (non-hydrogen) atoms. The Balaban J connectivity index is 4.30. The van der Waals surface area contributed by atoms with Crippen LogP contribution in [-0.2, 0) is 32.7 Å². The van der Waals surface area contributed by atoms with Gasteiger partial charge in [0, 0.05) is 12.8 Å². The van der Waals surface area contributed by atoms with E-state index in [2.05, 4.69) is 38.2 Å². The number of phosphoric acid groups is 1. The summed E-state index contributed by atoms with van der Waals surface area (Å²) >= 11 is 0. The van der Waals surface area contributed by atoms with Crippen LogP contribution in [0.1, 0.15) is 219 Å². The standard InChI is InChI=1S/C48H92NO8P/c1-6-8-10-12-14-16-18-20-22-23-24-25-27-29-31-33-35-37-39-41-48(51)57-46(45-56-58(52,53)55-43-42-49(3,4)5)44-54-47(50)40-38-36-34-32-30-28-26-21-19-17-15-13-11-9-7-2/h20,22,28,30,46H,6-19,21,23-27,29,31-45H2,1-5H3/p+1/b22-20+,30-28+/t46-/m1/s1. The van der Waals surface area contributed by atoms with E-state index in [1.54, 1.807) is 0 Å². The van der Waals surface area contributed by atoms with E-state index < -0.39 is 26.5 Å². The number of carbonyl (C=O) groups excluding carboxylic acids is 2. The Kier molecular flexibility index (Phi) is 39.8. The molecule has 9 nitrogen and oxygen atoms in total. The second-order valence-electron chi connectivity index (χ2n) is 17.5. The highest BCUT2D eigenvalue weighted by molar-refractivity contribution is 7.47. The lowest BCUT2D eigenvalue weighted by Gasteiger charge is -2.24. The number of quaternary nitrogens is 1. The highest BCUT2D eigenvalue weighted by atomic mass is 31.2. The van der Waals surface area contributed by atoms with Crippen LogP contribution in [0.3, 0.4) is 0 Å². The molecule has 0 aliphatic carbocycles. The summed E-state index contributed by atoms with van der Waals surface area (Å²) in [6, 6.07) is 0. The first kappa shape index (κ1) is 56.5. The zero-order valence-electron chi connectivity index (χ0n) is 38.5. The fourth-order valence-electron chi connectivity index (χ4n) is 6.65. The number of phosphoric ester groups is 1. The normalized spacial score (nSPS) is 13.7. The van der Waals surface area contributed by atoms with Crippen molar-refractivity contribution in [2.45, 2.75) is 225 Å². The molecule has 342 valence electrons. The van der Waals surface area contributed by atoms with Gasteiger partial charge in [0.25, 0.3) is 0 Å². The minimum absolute atomic E-state index is 0.0305. The third-order valence-corrected chi connectivity index (χ3v) is 11.4. The molecule has 1 N–H and O–H groups in total. The van der Waals surface area contributed by atoms with E-state index in [1.807, 2.05) is 21.1 Å². The first-order chi connectivity index (χ1) is 28.0. The van der Waals surface area contributed by atoms with Crippen molar-refractivity contribution in [3.8, 4) is 0 Å². The second-order valence-corrected chi connectivity index (χ2v) is 18.9. The summed E-state index contributed by atoms with van der Waals surface area (Å²) in [5, 5.41) is 0. The summed E-state index contributed by atoms with van der Waals surface area (Å²) in [6.07, 6.45) is 45.1. The van der Waals surface area contributed by atoms with Gasteiger partial charge in [0.2, 0.25) is 0 Å². The Labute approximate surface area is 358 Å². The third kappa shape index (κ3) is 44.1. The lowest BCUT2D eigenvalue weighted by Crippen LogP contribution is -2.37. The topological polar surface area (TPSA) is 108 Å². The van der Waals surface area contributed by atoms with E-state index in [0.717, 1.165) is 44.9 Å². The molecule has 0 aromatic heterocycles. The monoisotopic (exact) mass is 843 g/mol. The van der Waals surface area contributed by atoms with E-state index >= 15 is 0 Å². The molecular formula is C48H93NO8P+. The van der Waals surface area contributed by atoms with Gasteiger partial charge in [0.05, 0.1) is 27.7 Å². The molecule has 1 unspecified atom stereocenters. The zero-order valence-corrected chi connectivity index (χ0v) is 39.4. The van der Waals surface area contributed by atoms with Crippen LogP contribution in [-0.4, -0.2) is 74.9 Å². The number of allylic oxidation sites excluding steroid dienone is 4. The van der Waals surface area contributed by atoms with Crippen molar-refractivity contribution in [3.63, 3.8) is 0 Å². The van der Waals surface area contributed by atoms with Crippen LogP contribution in [0.2, 0.25) is 0 Å². The predicted molar refractivity (Wildman–Crippen MR) is 243 cm³/mol. The molecule has 0 saturated heterocycles. The van der Waals surface area contributed by atoms with Gasteiger partial charge in [-0.15, -0.1) is 0 Å². The fraction of sp³-hybridized carbons (Fsp3) is 0.875. The molecule has 0 aliphatic rings. The number of esters is 2. The number of rotatable bonds is 44. The maximum Gasteiger partial charge on any atom is 0.472 e. The molecule has 10 heteroatoms. The molecule has 0 rings (SSSR count). The summed E-state index contributed by atoms with van der Waals surface area (Å²) in [7, 11) is 1.47. The Morgan fingerprint density at radius 3 is 1.29 bits per heavy atom. The van der Waals surface area contributed by atoms with Crippen LogP contribution in [0, 0.1) is 0 Å². The van der Waals surface area contributed by atoms with Gasteiger partial charge < -0.3 is 18.9 Å². The second kappa shape index (κ2) is 40.9. The van der Waals surface area contributed by atoms with Crippen LogP contribution < -0.4 is 0 Å². The van der Waals surface area contributed by atoms with Gasteiger partial charge in [-0.3, -0.25) is 18.6 Å². The zero-order chi connectivity index (χ0) is 42.8. The summed E-state index contributed by atoms with van der Waals surface area (Å²) in [5.41, 5.74) is 0. The smallest absolute Gasteiger partial charge is 0.462 e. The first-order valence-electron chi connectivity index (χ1n) is 24.1. The van der Waals surface area contributed by atoms with Gasteiger partial charge in [-0.05, 0) is 64.2 Å². The minimum atomic E-state index is -4.38. The number of likely N-dealkylation sites (N-methyl/N-ethyl adjacent to an activating group) is 1. The molecule has 0 radical (unpaired) electrons. The largest absolute Gasteiger partial charge is 0.472 e.